The summed E-state index contributed by atoms with van der Waals surface area (Å²) in [6.07, 6.45) is 0. The first-order valence-electron chi connectivity index (χ1n) is 18.4. The zero-order valence-electron chi connectivity index (χ0n) is 28.9. The summed E-state index contributed by atoms with van der Waals surface area (Å²) in [5, 5.41) is 20.9. The van der Waals surface area contributed by atoms with Crippen LogP contribution in [-0.2, 0) is 0 Å². The van der Waals surface area contributed by atoms with Crippen molar-refractivity contribution in [2.24, 2.45) is 0 Å². The van der Waals surface area contributed by atoms with Gasteiger partial charge in [-0.2, -0.15) is 10.2 Å². The van der Waals surface area contributed by atoms with E-state index in [0.717, 1.165) is 34.0 Å². The van der Waals surface area contributed by atoms with Crippen molar-refractivity contribution in [2.75, 3.05) is 0 Å². The molecule has 0 aliphatic carbocycles. The number of hydrogen-bond donors (Lipinski definition) is 0. The molecular formula is C46H27BN6. The van der Waals surface area contributed by atoms with Crippen molar-refractivity contribution in [3.63, 3.8) is 0 Å². The molecule has 14 rings (SSSR count). The molecule has 0 spiro atoms. The molecule has 7 heteroatoms. The van der Waals surface area contributed by atoms with Crippen LogP contribution in [0.25, 0.3) is 98.8 Å². The molecule has 0 saturated heterocycles. The smallest absolute Gasteiger partial charge is 0.253 e. The van der Waals surface area contributed by atoms with E-state index in [2.05, 4.69) is 160 Å². The van der Waals surface area contributed by atoms with E-state index < -0.39 is 0 Å². The lowest BCUT2D eigenvalue weighted by Gasteiger charge is -2.33. The van der Waals surface area contributed by atoms with E-state index in [4.69, 9.17) is 10.2 Å². The summed E-state index contributed by atoms with van der Waals surface area (Å²) in [7, 11) is 0. The molecule has 5 aromatic heterocycles. The maximum absolute atomic E-state index is 5.51. The predicted molar refractivity (Wildman–Crippen MR) is 219 cm³/mol. The molecule has 7 aromatic carbocycles. The maximum Gasteiger partial charge on any atom is 0.253 e. The van der Waals surface area contributed by atoms with Gasteiger partial charge in [-0.25, -0.2) is 9.36 Å². The lowest BCUT2D eigenvalue weighted by atomic mass is 9.33. The van der Waals surface area contributed by atoms with Crippen LogP contribution in [0.1, 0.15) is 11.4 Å². The largest absolute Gasteiger partial charge is 0.309 e. The lowest BCUT2D eigenvalue weighted by molar-refractivity contribution is 0.876. The van der Waals surface area contributed by atoms with Crippen molar-refractivity contribution in [3.05, 3.63) is 139 Å². The van der Waals surface area contributed by atoms with Crippen LogP contribution in [0.3, 0.4) is 0 Å². The van der Waals surface area contributed by atoms with Crippen molar-refractivity contribution in [1.82, 2.24) is 28.5 Å². The quantitative estimate of drug-likeness (QED) is 0.164. The minimum atomic E-state index is -0.0253. The minimum Gasteiger partial charge on any atom is -0.309 e. The summed E-state index contributed by atoms with van der Waals surface area (Å²) in [6, 6.07) is 47.0. The molecule has 0 saturated carbocycles. The number of nitrogens with zero attached hydrogens (tertiary/aromatic N) is 6. The van der Waals surface area contributed by atoms with Gasteiger partial charge in [0.2, 0.25) is 0 Å². The zero-order chi connectivity index (χ0) is 34.4. The Balaban J connectivity index is 1.28. The second-order valence-corrected chi connectivity index (χ2v) is 15.0. The van der Waals surface area contributed by atoms with Crippen molar-refractivity contribution in [2.45, 2.75) is 13.8 Å². The molecule has 0 N–H and O–H groups in total. The van der Waals surface area contributed by atoms with Gasteiger partial charge < -0.3 is 8.97 Å². The van der Waals surface area contributed by atoms with Crippen LogP contribution in [0.2, 0.25) is 0 Å². The molecule has 0 bridgehead atoms. The number of para-hydroxylation sites is 5. The third kappa shape index (κ3) is 2.87. The summed E-state index contributed by atoms with van der Waals surface area (Å²) in [4.78, 5) is 0. The predicted octanol–water partition coefficient (Wildman–Crippen LogP) is 8.37. The average molecular weight is 675 g/mol. The van der Waals surface area contributed by atoms with E-state index in [1.807, 2.05) is 0 Å². The second-order valence-electron chi connectivity index (χ2n) is 15.0. The van der Waals surface area contributed by atoms with Gasteiger partial charge in [0.1, 0.15) is 0 Å². The van der Waals surface area contributed by atoms with Gasteiger partial charge in [0.15, 0.2) is 0 Å². The Hall–Kier alpha value is -6.86. The van der Waals surface area contributed by atoms with Crippen LogP contribution in [0, 0.1) is 13.8 Å². The van der Waals surface area contributed by atoms with Gasteiger partial charge in [0.05, 0.1) is 61.4 Å². The van der Waals surface area contributed by atoms with Crippen LogP contribution in [-0.4, -0.2) is 35.2 Å². The fourth-order valence-corrected chi connectivity index (χ4v) is 10.7. The summed E-state index contributed by atoms with van der Waals surface area (Å²) < 4.78 is 9.50. The van der Waals surface area contributed by atoms with Crippen molar-refractivity contribution in [1.29, 1.82) is 0 Å². The lowest BCUT2D eigenvalue weighted by Crippen LogP contribution is -2.59. The van der Waals surface area contributed by atoms with Gasteiger partial charge in [-0.3, -0.25) is 0 Å². The molecule has 0 radical (unpaired) electrons. The number of rotatable bonds is 1. The molecule has 6 nitrogen and oxygen atoms in total. The van der Waals surface area contributed by atoms with Crippen molar-refractivity contribution < 1.29 is 0 Å². The summed E-state index contributed by atoms with van der Waals surface area (Å²) in [5.74, 6) is 0. The standard InChI is InChI=1S/C46H27BN6/c1-24-27-16-11-19-33-44(27)52(48-24)38-23-37-40(30-15-7-9-21-35(30)50(37)26-12-4-3-5-13-26)46-41(38)47(33)42-39-31-18-10-17-29-28-14-6-8-20-34(28)51(43(29)31)36(39)22-32-25(2)49-53(46)45(32)42/h3-23H,1-2H3. The number of aromatic nitrogens is 6. The molecular weight excluding hydrogens is 647 g/mol. The Morgan fingerprint density at radius 2 is 1.17 bits per heavy atom. The molecule has 7 heterocycles. The van der Waals surface area contributed by atoms with Crippen LogP contribution in [0.15, 0.2) is 127 Å². The highest BCUT2D eigenvalue weighted by Crippen LogP contribution is 2.44. The number of benzene rings is 7. The van der Waals surface area contributed by atoms with Gasteiger partial charge in [0, 0.05) is 48.8 Å². The molecule has 2 aliphatic heterocycles. The molecule has 53 heavy (non-hydrogen) atoms. The van der Waals surface area contributed by atoms with E-state index in [9.17, 15) is 0 Å². The van der Waals surface area contributed by atoms with E-state index in [1.54, 1.807) is 0 Å². The molecule has 0 unspecified atom stereocenters. The Labute approximate surface area is 302 Å². The highest BCUT2D eigenvalue weighted by molar-refractivity contribution is 7.02. The molecule has 0 amide bonds. The minimum absolute atomic E-state index is 0.0253. The topological polar surface area (TPSA) is 45.0 Å². The van der Waals surface area contributed by atoms with Gasteiger partial charge in [0.25, 0.3) is 6.71 Å². The number of hydrogen-bond acceptors (Lipinski definition) is 2. The Bertz CT molecular complexity index is 3650. The van der Waals surface area contributed by atoms with Crippen LogP contribution in [0.4, 0.5) is 0 Å². The normalized spacial score (nSPS) is 13.4. The first kappa shape index (κ1) is 26.9. The maximum atomic E-state index is 5.51. The monoisotopic (exact) mass is 674 g/mol. The molecule has 244 valence electrons. The SMILES string of the molecule is Cc1nn2c3c(cccc13)B1c3c-2cc2c(c3-n3nc(C)c4cc5c(c1c43)c1cccc3c4ccccc4n5c31)c1ccccc1n2-c1ccccc1. The van der Waals surface area contributed by atoms with Crippen LogP contribution in [0.5, 0.6) is 0 Å². The van der Waals surface area contributed by atoms with E-state index in [0.29, 0.717) is 0 Å². The van der Waals surface area contributed by atoms with Gasteiger partial charge in [-0.1, -0.05) is 91.0 Å². The van der Waals surface area contributed by atoms with E-state index in [-0.39, 0.29) is 6.71 Å². The van der Waals surface area contributed by atoms with Crippen molar-refractivity contribution >= 4 is 105 Å². The van der Waals surface area contributed by atoms with Gasteiger partial charge in [-0.15, -0.1) is 0 Å². The molecule has 0 atom stereocenters. The molecule has 0 fully saturated rings. The fourth-order valence-electron chi connectivity index (χ4n) is 10.7. The third-order valence-electron chi connectivity index (χ3n) is 12.6. The van der Waals surface area contributed by atoms with E-state index >= 15 is 0 Å². The second kappa shape index (κ2) is 8.77. The van der Waals surface area contributed by atoms with Crippen LogP contribution >= 0.6 is 0 Å². The average Bonchev–Trinajstić information content (AvgIpc) is 3.99. The molecule has 2 aliphatic rings. The first-order valence-corrected chi connectivity index (χ1v) is 18.4. The Morgan fingerprint density at radius 3 is 2.06 bits per heavy atom. The Morgan fingerprint density at radius 1 is 0.472 bits per heavy atom. The Kier molecular flexibility index (Phi) is 4.45. The summed E-state index contributed by atoms with van der Waals surface area (Å²) >= 11 is 0. The highest BCUT2D eigenvalue weighted by Gasteiger charge is 2.44. The first-order chi connectivity index (χ1) is 26.2. The number of fused-ring (bicyclic) bond motifs is 15. The third-order valence-corrected chi connectivity index (χ3v) is 12.6. The zero-order valence-corrected chi connectivity index (χ0v) is 28.9. The van der Waals surface area contributed by atoms with Gasteiger partial charge >= 0.3 is 0 Å². The number of aryl methyl sites for hydroxylation is 2. The summed E-state index contributed by atoms with van der Waals surface area (Å²) in [6.45, 7) is 4.31. The summed E-state index contributed by atoms with van der Waals surface area (Å²) in [5.41, 5.74) is 18.0. The van der Waals surface area contributed by atoms with E-state index in [1.165, 1.54) is 92.6 Å². The highest BCUT2D eigenvalue weighted by atomic mass is 15.3. The van der Waals surface area contributed by atoms with Gasteiger partial charge in [-0.05, 0) is 66.6 Å². The molecule has 12 aromatic rings. The fraction of sp³-hybridized carbons (Fsp3) is 0.0435. The van der Waals surface area contributed by atoms with Crippen molar-refractivity contribution in [3.8, 4) is 17.1 Å². The van der Waals surface area contributed by atoms with Crippen LogP contribution < -0.4 is 16.4 Å².